The fraction of sp³-hybridized carbons (Fsp3) is 0.385. The number of aromatic hydroxyl groups is 1. The van der Waals surface area contributed by atoms with Crippen molar-refractivity contribution >= 4 is 19.0 Å². The summed E-state index contributed by atoms with van der Waals surface area (Å²) in [6.07, 6.45) is -0.102. The molecule has 0 aliphatic rings. The predicted molar refractivity (Wildman–Crippen MR) is 80.8 cm³/mol. The molecule has 1 rings (SSSR count). The van der Waals surface area contributed by atoms with Crippen LogP contribution < -0.4 is 5.32 Å². The topological polar surface area (TPSA) is 157 Å². The minimum absolute atomic E-state index is 0.107. The Bertz CT molecular complexity index is 594. The lowest BCUT2D eigenvalue weighted by Crippen LogP contribution is -2.50. The zero-order valence-corrected chi connectivity index (χ0v) is 12.3. The Morgan fingerprint density at radius 3 is 2.48 bits per heavy atom. The number of aromatic carboxylic acids is 1. The fourth-order valence-corrected chi connectivity index (χ4v) is 1.98. The van der Waals surface area contributed by atoms with E-state index in [1.54, 1.807) is 6.92 Å². The van der Waals surface area contributed by atoms with Crippen molar-refractivity contribution in [2.75, 3.05) is 0 Å². The Morgan fingerprint density at radius 2 is 2.00 bits per heavy atom. The molecule has 0 bridgehead atoms. The van der Waals surface area contributed by atoms with Crippen LogP contribution in [0.1, 0.15) is 29.3 Å². The van der Waals surface area contributed by atoms with Crippen molar-refractivity contribution in [1.82, 2.24) is 5.32 Å². The number of nitroso groups, excluding NO2 is 1. The van der Waals surface area contributed by atoms with Crippen LogP contribution in [0.2, 0.25) is 0 Å². The van der Waals surface area contributed by atoms with Crippen molar-refractivity contribution in [3.8, 4) is 5.75 Å². The lowest BCUT2D eigenvalue weighted by atomic mass is 9.75. The third kappa shape index (κ3) is 4.76. The van der Waals surface area contributed by atoms with Crippen molar-refractivity contribution in [2.45, 2.75) is 31.7 Å². The van der Waals surface area contributed by atoms with Crippen LogP contribution in [-0.2, 0) is 11.2 Å². The number of carbonyl (C=O) groups excluding carboxylic acids is 1. The molecule has 0 heterocycles. The number of carbonyl (C=O) groups is 2. The molecule has 0 fully saturated rings. The average Bonchev–Trinajstić information content (AvgIpc) is 2.49. The molecule has 1 aromatic rings. The summed E-state index contributed by atoms with van der Waals surface area (Å²) < 4.78 is 0. The van der Waals surface area contributed by atoms with Gasteiger partial charge in [0.05, 0.1) is 5.94 Å². The van der Waals surface area contributed by atoms with E-state index in [2.05, 4.69) is 10.5 Å². The van der Waals surface area contributed by atoms with Crippen LogP contribution in [0.3, 0.4) is 0 Å². The highest BCUT2D eigenvalue weighted by Crippen LogP contribution is 2.24. The third-order valence-electron chi connectivity index (χ3n) is 3.29. The first-order chi connectivity index (χ1) is 10.8. The fourth-order valence-electron chi connectivity index (χ4n) is 1.98. The monoisotopic (exact) mass is 324 g/mol. The van der Waals surface area contributed by atoms with Crippen molar-refractivity contribution < 1.29 is 29.9 Å². The molecular formula is C13H17BN2O7. The van der Waals surface area contributed by atoms with Gasteiger partial charge in [-0.1, -0.05) is 24.2 Å². The van der Waals surface area contributed by atoms with Gasteiger partial charge in [-0.05, 0) is 24.5 Å². The van der Waals surface area contributed by atoms with Crippen LogP contribution in [0, 0.1) is 4.91 Å². The first-order valence-corrected chi connectivity index (χ1v) is 6.84. The van der Waals surface area contributed by atoms with Gasteiger partial charge >= 0.3 is 13.1 Å². The second kappa shape index (κ2) is 8.25. The summed E-state index contributed by atoms with van der Waals surface area (Å²) in [7, 11) is -1.98. The molecule has 1 unspecified atom stereocenters. The molecule has 124 valence electrons. The summed E-state index contributed by atoms with van der Waals surface area (Å²) in [5.41, 5.74) is -0.239. The van der Waals surface area contributed by atoms with E-state index in [-0.39, 0.29) is 24.0 Å². The molecule has 10 heteroatoms. The minimum atomic E-state index is -1.98. The Balaban J connectivity index is 2.97. The Labute approximate surface area is 132 Å². The van der Waals surface area contributed by atoms with Crippen LogP contribution in [0.5, 0.6) is 5.75 Å². The average molecular weight is 324 g/mol. The number of nitrogens with zero attached hydrogens (tertiary/aromatic N) is 1. The van der Waals surface area contributed by atoms with Gasteiger partial charge in [-0.15, -0.1) is 4.91 Å². The normalized spacial score (nSPS) is 13.0. The van der Waals surface area contributed by atoms with Gasteiger partial charge < -0.3 is 25.6 Å². The first kappa shape index (κ1) is 18.6. The molecule has 0 spiro atoms. The summed E-state index contributed by atoms with van der Waals surface area (Å²) in [5, 5.41) is 42.4. The second-order valence-electron chi connectivity index (χ2n) is 4.88. The molecule has 2 atom stereocenters. The number of phenols is 1. The van der Waals surface area contributed by atoms with E-state index < -0.39 is 36.7 Å². The SMILES string of the molecule is CCC(N=O)C(=O)N[C@@H](Cc1cccc(C(=O)O)c1O)B(O)O. The van der Waals surface area contributed by atoms with Crippen molar-refractivity contribution in [2.24, 2.45) is 5.18 Å². The van der Waals surface area contributed by atoms with E-state index in [1.807, 2.05) is 0 Å². The molecule has 0 saturated carbocycles. The summed E-state index contributed by atoms with van der Waals surface area (Å²) in [5.74, 6) is -3.89. The van der Waals surface area contributed by atoms with E-state index in [0.717, 1.165) is 0 Å². The summed E-state index contributed by atoms with van der Waals surface area (Å²) in [6.45, 7) is 1.57. The van der Waals surface area contributed by atoms with Gasteiger partial charge in [0.15, 0.2) is 6.04 Å². The summed E-state index contributed by atoms with van der Waals surface area (Å²) >= 11 is 0. The van der Waals surface area contributed by atoms with E-state index in [4.69, 9.17) is 5.11 Å². The van der Waals surface area contributed by atoms with Crippen LogP contribution in [0.25, 0.3) is 0 Å². The van der Waals surface area contributed by atoms with Gasteiger partial charge in [-0.25, -0.2) is 4.79 Å². The Hall–Kier alpha value is -2.46. The Morgan fingerprint density at radius 1 is 1.35 bits per heavy atom. The van der Waals surface area contributed by atoms with Crippen LogP contribution in [-0.4, -0.2) is 51.2 Å². The quantitative estimate of drug-likeness (QED) is 0.324. The molecule has 23 heavy (non-hydrogen) atoms. The zero-order chi connectivity index (χ0) is 17.6. The molecule has 0 radical (unpaired) electrons. The van der Waals surface area contributed by atoms with Gasteiger partial charge in [-0.2, -0.15) is 0 Å². The van der Waals surface area contributed by atoms with Gasteiger partial charge in [0.2, 0.25) is 5.91 Å². The predicted octanol–water partition coefficient (Wildman–Crippen LogP) is -0.325. The van der Waals surface area contributed by atoms with Gasteiger partial charge in [0.25, 0.3) is 0 Å². The number of amides is 1. The molecule has 0 aliphatic carbocycles. The van der Waals surface area contributed by atoms with Crippen molar-refractivity contribution in [3.63, 3.8) is 0 Å². The van der Waals surface area contributed by atoms with Crippen molar-refractivity contribution in [1.29, 1.82) is 0 Å². The molecule has 0 aliphatic heterocycles. The van der Waals surface area contributed by atoms with Crippen LogP contribution >= 0.6 is 0 Å². The second-order valence-corrected chi connectivity index (χ2v) is 4.88. The maximum absolute atomic E-state index is 11.8. The molecule has 0 saturated heterocycles. The van der Waals surface area contributed by atoms with Gasteiger partial charge in [0, 0.05) is 0 Å². The number of nitrogens with one attached hydrogen (secondary N) is 1. The van der Waals surface area contributed by atoms with E-state index in [1.165, 1.54) is 18.2 Å². The number of carboxylic acids is 1. The molecule has 0 aromatic heterocycles. The summed E-state index contributed by atoms with van der Waals surface area (Å²) in [6, 6.07) is 2.78. The lowest BCUT2D eigenvalue weighted by Gasteiger charge is -2.20. The number of para-hydroxylation sites is 1. The maximum atomic E-state index is 11.8. The third-order valence-corrected chi connectivity index (χ3v) is 3.29. The first-order valence-electron chi connectivity index (χ1n) is 6.84. The smallest absolute Gasteiger partial charge is 0.475 e. The number of carboxylic acid groups (broad SMARTS) is 1. The molecule has 1 amide bonds. The summed E-state index contributed by atoms with van der Waals surface area (Å²) in [4.78, 5) is 33.3. The maximum Gasteiger partial charge on any atom is 0.475 e. The van der Waals surface area contributed by atoms with E-state index >= 15 is 0 Å². The molecule has 1 aromatic carbocycles. The highest BCUT2D eigenvalue weighted by Gasteiger charge is 2.30. The molecule has 9 nitrogen and oxygen atoms in total. The van der Waals surface area contributed by atoms with E-state index in [9.17, 15) is 29.7 Å². The number of hydrogen-bond acceptors (Lipinski definition) is 7. The molecule has 5 N–H and O–H groups in total. The van der Waals surface area contributed by atoms with Crippen molar-refractivity contribution in [3.05, 3.63) is 34.2 Å². The standard InChI is InChI=1S/C13H17BN2O7/c1-2-9(16-23)12(18)15-10(14(21)22)6-7-4-3-5-8(11(7)17)13(19)20/h3-5,9-10,17,21-22H,2,6H2,1H3,(H,15,18)(H,19,20)/t9?,10-/m0/s1. The highest BCUT2D eigenvalue weighted by atomic mass is 16.4. The minimum Gasteiger partial charge on any atom is -0.507 e. The lowest BCUT2D eigenvalue weighted by molar-refractivity contribution is -0.122. The largest absolute Gasteiger partial charge is 0.507 e. The molecular weight excluding hydrogens is 307 g/mol. The Kier molecular flexibility index (Phi) is 6.67. The van der Waals surface area contributed by atoms with Crippen LogP contribution in [0.4, 0.5) is 0 Å². The van der Waals surface area contributed by atoms with E-state index in [0.29, 0.717) is 0 Å². The van der Waals surface area contributed by atoms with Gasteiger partial charge in [0.1, 0.15) is 11.3 Å². The highest BCUT2D eigenvalue weighted by molar-refractivity contribution is 6.43. The number of hydrogen-bond donors (Lipinski definition) is 5. The number of benzene rings is 1. The van der Waals surface area contributed by atoms with Crippen LogP contribution in [0.15, 0.2) is 23.4 Å². The zero-order valence-electron chi connectivity index (χ0n) is 12.3. The number of rotatable bonds is 8. The van der Waals surface area contributed by atoms with Gasteiger partial charge in [-0.3, -0.25) is 4.79 Å².